The molecule has 1 heterocycles. The minimum absolute atomic E-state index is 0.864. The predicted molar refractivity (Wildman–Crippen MR) is 101 cm³/mol. The largest absolute Gasteiger partial charge is 0.370 e. The standard InChI is InChI=1S/C19H27N5/c1-20-19(24-16-12-17-9-3-2-4-10-17)23-15-8-7-14-22-18-11-5-6-13-21-18/h2-6,9-11,13H,7-8,12,14-16H2,1H3,(H,21,22)(H2,20,23,24). The fourth-order valence-electron chi connectivity index (χ4n) is 2.33. The number of unbranched alkanes of at least 4 members (excludes halogenated alkanes) is 1. The molecule has 0 saturated heterocycles. The molecule has 0 aliphatic carbocycles. The van der Waals surface area contributed by atoms with Gasteiger partial charge in [-0.3, -0.25) is 4.99 Å². The highest BCUT2D eigenvalue weighted by Gasteiger charge is 1.98. The van der Waals surface area contributed by atoms with E-state index >= 15 is 0 Å². The van der Waals surface area contributed by atoms with Gasteiger partial charge in [0.25, 0.3) is 0 Å². The summed E-state index contributed by atoms with van der Waals surface area (Å²) in [7, 11) is 1.81. The quantitative estimate of drug-likeness (QED) is 0.377. The molecule has 0 fully saturated rings. The van der Waals surface area contributed by atoms with E-state index in [9.17, 15) is 0 Å². The van der Waals surface area contributed by atoms with E-state index in [0.717, 1.165) is 50.7 Å². The highest BCUT2D eigenvalue weighted by molar-refractivity contribution is 5.79. The number of aliphatic imine (C=N–C) groups is 1. The molecule has 0 unspecified atom stereocenters. The number of hydrogen-bond acceptors (Lipinski definition) is 3. The summed E-state index contributed by atoms with van der Waals surface area (Å²) in [6.45, 7) is 2.72. The fourth-order valence-corrected chi connectivity index (χ4v) is 2.33. The van der Waals surface area contributed by atoms with Crippen molar-refractivity contribution in [1.29, 1.82) is 0 Å². The summed E-state index contributed by atoms with van der Waals surface area (Å²) in [5.41, 5.74) is 1.33. The Hall–Kier alpha value is -2.56. The van der Waals surface area contributed by atoms with E-state index in [2.05, 4.69) is 50.2 Å². The van der Waals surface area contributed by atoms with Crippen LogP contribution in [0.2, 0.25) is 0 Å². The minimum atomic E-state index is 0.864. The first-order valence-electron chi connectivity index (χ1n) is 8.52. The minimum Gasteiger partial charge on any atom is -0.370 e. The zero-order valence-corrected chi connectivity index (χ0v) is 14.3. The number of benzene rings is 1. The molecule has 0 bridgehead atoms. The second-order valence-electron chi connectivity index (χ2n) is 5.51. The molecule has 24 heavy (non-hydrogen) atoms. The van der Waals surface area contributed by atoms with Gasteiger partial charge in [0.2, 0.25) is 0 Å². The zero-order chi connectivity index (χ0) is 16.9. The Morgan fingerprint density at radius 3 is 2.42 bits per heavy atom. The molecule has 0 saturated carbocycles. The van der Waals surface area contributed by atoms with E-state index < -0.39 is 0 Å². The number of guanidine groups is 1. The SMILES string of the molecule is CN=C(NCCCCNc1ccccn1)NCCc1ccccc1. The van der Waals surface area contributed by atoms with Crippen molar-refractivity contribution in [2.75, 3.05) is 32.0 Å². The first kappa shape index (κ1) is 17.8. The highest BCUT2D eigenvalue weighted by atomic mass is 15.2. The van der Waals surface area contributed by atoms with Crippen LogP contribution in [-0.2, 0) is 6.42 Å². The lowest BCUT2D eigenvalue weighted by Crippen LogP contribution is -2.38. The smallest absolute Gasteiger partial charge is 0.190 e. The number of anilines is 1. The summed E-state index contributed by atoms with van der Waals surface area (Å²) >= 11 is 0. The summed E-state index contributed by atoms with van der Waals surface area (Å²) in [6, 6.07) is 16.4. The average Bonchev–Trinajstić information content (AvgIpc) is 2.64. The van der Waals surface area contributed by atoms with Gasteiger partial charge < -0.3 is 16.0 Å². The molecular formula is C19H27N5. The van der Waals surface area contributed by atoms with Gasteiger partial charge in [-0.2, -0.15) is 0 Å². The summed E-state index contributed by atoms with van der Waals surface area (Å²) in [5.74, 6) is 1.80. The molecule has 3 N–H and O–H groups in total. The maximum atomic E-state index is 4.25. The molecule has 5 heteroatoms. The van der Waals surface area contributed by atoms with Gasteiger partial charge >= 0.3 is 0 Å². The Bertz CT molecular complexity index is 583. The van der Waals surface area contributed by atoms with Crippen molar-refractivity contribution >= 4 is 11.8 Å². The number of hydrogen-bond donors (Lipinski definition) is 3. The third kappa shape index (κ3) is 7.13. The molecule has 128 valence electrons. The third-order valence-corrected chi connectivity index (χ3v) is 3.64. The number of aromatic nitrogens is 1. The Kier molecular flexibility index (Phi) is 8.19. The lowest BCUT2D eigenvalue weighted by molar-refractivity contribution is 0.710. The second kappa shape index (κ2) is 11.0. The van der Waals surface area contributed by atoms with Gasteiger partial charge in [0, 0.05) is 32.9 Å². The van der Waals surface area contributed by atoms with Gasteiger partial charge in [0.15, 0.2) is 5.96 Å². The molecule has 5 nitrogen and oxygen atoms in total. The van der Waals surface area contributed by atoms with Gasteiger partial charge in [-0.1, -0.05) is 36.4 Å². The Morgan fingerprint density at radius 2 is 1.67 bits per heavy atom. The van der Waals surface area contributed by atoms with Crippen LogP contribution in [0.15, 0.2) is 59.7 Å². The summed E-state index contributed by atoms with van der Waals surface area (Å²) in [5, 5.41) is 10.0. The molecule has 0 aliphatic rings. The molecular weight excluding hydrogens is 298 g/mol. The Morgan fingerprint density at radius 1 is 0.917 bits per heavy atom. The summed E-state index contributed by atoms with van der Waals surface area (Å²) < 4.78 is 0. The van der Waals surface area contributed by atoms with Crippen LogP contribution in [0.3, 0.4) is 0 Å². The van der Waals surface area contributed by atoms with E-state index in [0.29, 0.717) is 0 Å². The topological polar surface area (TPSA) is 61.3 Å². The van der Waals surface area contributed by atoms with Crippen molar-refractivity contribution in [3.63, 3.8) is 0 Å². The summed E-state index contributed by atoms with van der Waals surface area (Å²) in [4.78, 5) is 8.49. The number of nitrogens with zero attached hydrogens (tertiary/aromatic N) is 2. The lowest BCUT2D eigenvalue weighted by atomic mass is 10.1. The number of nitrogens with one attached hydrogen (secondary N) is 3. The molecule has 0 amide bonds. The average molecular weight is 325 g/mol. The van der Waals surface area contributed by atoms with Crippen LogP contribution in [0.25, 0.3) is 0 Å². The van der Waals surface area contributed by atoms with Crippen molar-refractivity contribution in [3.05, 3.63) is 60.3 Å². The van der Waals surface area contributed by atoms with E-state index in [4.69, 9.17) is 0 Å². The van der Waals surface area contributed by atoms with Crippen molar-refractivity contribution in [2.24, 2.45) is 4.99 Å². The van der Waals surface area contributed by atoms with Crippen LogP contribution in [0.5, 0.6) is 0 Å². The van der Waals surface area contributed by atoms with E-state index in [1.54, 1.807) is 13.2 Å². The van der Waals surface area contributed by atoms with Crippen LogP contribution >= 0.6 is 0 Å². The van der Waals surface area contributed by atoms with Crippen molar-refractivity contribution in [1.82, 2.24) is 15.6 Å². The number of rotatable bonds is 9. The second-order valence-corrected chi connectivity index (χ2v) is 5.51. The van der Waals surface area contributed by atoms with Gasteiger partial charge in [0.05, 0.1) is 0 Å². The molecule has 1 aromatic carbocycles. The van der Waals surface area contributed by atoms with Gasteiger partial charge in [0.1, 0.15) is 5.82 Å². The molecule has 0 spiro atoms. The zero-order valence-electron chi connectivity index (χ0n) is 14.3. The van der Waals surface area contributed by atoms with E-state index in [1.165, 1.54) is 5.56 Å². The number of pyridine rings is 1. The van der Waals surface area contributed by atoms with Crippen LogP contribution in [0.4, 0.5) is 5.82 Å². The normalized spacial score (nSPS) is 11.1. The molecule has 0 atom stereocenters. The van der Waals surface area contributed by atoms with Crippen LogP contribution in [0, 0.1) is 0 Å². The maximum absolute atomic E-state index is 4.25. The van der Waals surface area contributed by atoms with Crippen LogP contribution in [0.1, 0.15) is 18.4 Å². The maximum Gasteiger partial charge on any atom is 0.190 e. The van der Waals surface area contributed by atoms with E-state index in [-0.39, 0.29) is 0 Å². The Balaban J connectivity index is 1.52. The highest BCUT2D eigenvalue weighted by Crippen LogP contribution is 2.00. The third-order valence-electron chi connectivity index (χ3n) is 3.64. The van der Waals surface area contributed by atoms with E-state index in [1.807, 2.05) is 24.3 Å². The van der Waals surface area contributed by atoms with Gasteiger partial charge in [-0.05, 0) is 37.0 Å². The lowest BCUT2D eigenvalue weighted by Gasteiger charge is -2.12. The summed E-state index contributed by atoms with van der Waals surface area (Å²) in [6.07, 6.45) is 4.97. The monoisotopic (exact) mass is 325 g/mol. The van der Waals surface area contributed by atoms with Gasteiger partial charge in [-0.15, -0.1) is 0 Å². The van der Waals surface area contributed by atoms with Crippen molar-refractivity contribution in [3.8, 4) is 0 Å². The molecule has 1 aromatic heterocycles. The van der Waals surface area contributed by atoms with Gasteiger partial charge in [-0.25, -0.2) is 4.98 Å². The fraction of sp³-hybridized carbons (Fsp3) is 0.368. The Labute approximate surface area is 144 Å². The van der Waals surface area contributed by atoms with Crippen LogP contribution < -0.4 is 16.0 Å². The van der Waals surface area contributed by atoms with Crippen molar-refractivity contribution < 1.29 is 0 Å². The van der Waals surface area contributed by atoms with Crippen LogP contribution in [-0.4, -0.2) is 37.6 Å². The molecule has 2 aromatic rings. The molecule has 0 radical (unpaired) electrons. The predicted octanol–water partition coefficient (Wildman–Crippen LogP) is 2.68. The molecule has 0 aliphatic heterocycles. The molecule has 2 rings (SSSR count). The van der Waals surface area contributed by atoms with Crippen molar-refractivity contribution in [2.45, 2.75) is 19.3 Å². The first-order valence-corrected chi connectivity index (χ1v) is 8.52. The first-order chi connectivity index (χ1) is 11.9.